The van der Waals surface area contributed by atoms with E-state index in [9.17, 15) is 13.2 Å². The lowest BCUT2D eigenvalue weighted by Gasteiger charge is -2.16. The molecule has 0 saturated heterocycles. The lowest BCUT2D eigenvalue weighted by molar-refractivity contribution is 0.107. The Morgan fingerprint density at radius 2 is 1.52 bits per heavy atom. The Morgan fingerprint density at radius 3 is 2.05 bits per heavy atom. The fraction of sp³-hybridized carbons (Fsp3) is 0.235. The molecule has 110 valence electrons. The fourth-order valence-electron chi connectivity index (χ4n) is 2.42. The van der Waals surface area contributed by atoms with Crippen molar-refractivity contribution in [3.05, 3.63) is 58.7 Å². The number of sulfone groups is 1. The van der Waals surface area contributed by atoms with Crippen molar-refractivity contribution in [2.45, 2.75) is 20.8 Å². The van der Waals surface area contributed by atoms with Gasteiger partial charge in [-0.25, -0.2) is 8.42 Å². The molecule has 0 bridgehead atoms. The lowest BCUT2D eigenvalue weighted by Crippen LogP contribution is -2.15. The quantitative estimate of drug-likeness (QED) is 0.853. The van der Waals surface area contributed by atoms with Crippen LogP contribution in [0.3, 0.4) is 0 Å². The van der Waals surface area contributed by atoms with Gasteiger partial charge in [0, 0.05) is 11.8 Å². The highest BCUT2D eigenvalue weighted by Gasteiger charge is 2.24. The zero-order valence-electron chi connectivity index (χ0n) is 12.6. The number of hydrogen-bond donors (Lipinski definition) is 0. The minimum Gasteiger partial charge on any atom is -0.276 e. The van der Waals surface area contributed by atoms with Crippen LogP contribution in [0.25, 0.3) is 11.1 Å². The van der Waals surface area contributed by atoms with Crippen LogP contribution in [-0.4, -0.2) is 19.8 Å². The molecule has 2 rings (SSSR count). The third-order valence-electron chi connectivity index (χ3n) is 3.78. The number of rotatable bonds is 2. The van der Waals surface area contributed by atoms with Crippen molar-refractivity contribution in [2.24, 2.45) is 0 Å². The van der Waals surface area contributed by atoms with Gasteiger partial charge in [-0.15, -0.1) is 0 Å². The highest BCUT2D eigenvalue weighted by atomic mass is 32.2. The maximum atomic E-state index is 12.3. The molecule has 2 aromatic carbocycles. The lowest BCUT2D eigenvalue weighted by atomic mass is 9.90. The van der Waals surface area contributed by atoms with Gasteiger partial charge in [0.15, 0.2) is 0 Å². The molecular weight excluding hydrogens is 284 g/mol. The molecule has 2 aromatic rings. The van der Waals surface area contributed by atoms with Gasteiger partial charge in [-0.1, -0.05) is 30.3 Å². The van der Waals surface area contributed by atoms with Crippen LogP contribution >= 0.6 is 0 Å². The second-order valence-corrected chi connectivity index (χ2v) is 7.21. The van der Waals surface area contributed by atoms with Crippen molar-refractivity contribution >= 4 is 15.0 Å². The second-order valence-electron chi connectivity index (χ2n) is 5.29. The molecular formula is C17H18O3S. The van der Waals surface area contributed by atoms with Crippen LogP contribution in [0.4, 0.5) is 0 Å². The predicted octanol–water partition coefficient (Wildman–Crippen LogP) is 3.46. The largest absolute Gasteiger partial charge is 0.276 e. The van der Waals surface area contributed by atoms with Crippen molar-refractivity contribution in [3.8, 4) is 11.1 Å². The summed E-state index contributed by atoms with van der Waals surface area (Å²) in [6, 6.07) is 11.1. The van der Waals surface area contributed by atoms with Gasteiger partial charge in [0.1, 0.15) is 0 Å². The van der Waals surface area contributed by atoms with Crippen LogP contribution in [0.1, 0.15) is 27.0 Å². The van der Waals surface area contributed by atoms with E-state index >= 15 is 0 Å². The maximum Gasteiger partial charge on any atom is 0.276 e. The molecule has 0 amide bonds. The molecule has 0 spiro atoms. The molecule has 21 heavy (non-hydrogen) atoms. The Morgan fingerprint density at radius 1 is 0.952 bits per heavy atom. The molecule has 0 N–H and O–H groups in total. The standard InChI is InChI=1S/C17H18O3S/c1-11-10-15(17(18)21(4,19)20)16(13(3)12(11)2)14-8-6-5-7-9-14/h5-10H,1-4H3. The first-order chi connectivity index (χ1) is 9.73. The molecule has 0 unspecified atom stereocenters. The van der Waals surface area contributed by atoms with Gasteiger partial charge in [0.25, 0.3) is 5.12 Å². The SMILES string of the molecule is Cc1cc(C(=O)S(C)(=O)=O)c(-c2ccccc2)c(C)c1C. The van der Waals surface area contributed by atoms with E-state index in [1.54, 1.807) is 6.07 Å². The van der Waals surface area contributed by atoms with E-state index < -0.39 is 15.0 Å². The monoisotopic (exact) mass is 302 g/mol. The first kappa shape index (κ1) is 15.4. The van der Waals surface area contributed by atoms with Gasteiger partial charge in [-0.3, -0.25) is 4.79 Å². The number of hydrogen-bond acceptors (Lipinski definition) is 3. The van der Waals surface area contributed by atoms with E-state index in [1.807, 2.05) is 51.1 Å². The summed E-state index contributed by atoms with van der Waals surface area (Å²) in [6.07, 6.45) is 0.953. The average molecular weight is 302 g/mol. The Balaban J connectivity index is 2.85. The summed E-state index contributed by atoms with van der Waals surface area (Å²) in [4.78, 5) is 12.3. The first-order valence-electron chi connectivity index (χ1n) is 6.64. The Bertz CT molecular complexity index is 804. The normalized spacial score (nSPS) is 11.4. The van der Waals surface area contributed by atoms with Crippen molar-refractivity contribution in [3.63, 3.8) is 0 Å². The highest BCUT2D eigenvalue weighted by Crippen LogP contribution is 2.32. The molecule has 0 heterocycles. The van der Waals surface area contributed by atoms with Crippen molar-refractivity contribution in [2.75, 3.05) is 6.26 Å². The molecule has 0 fully saturated rings. The van der Waals surface area contributed by atoms with Gasteiger partial charge in [0.05, 0.1) is 0 Å². The topological polar surface area (TPSA) is 51.2 Å². The molecule has 0 aliphatic rings. The third-order valence-corrected chi connectivity index (χ3v) is 4.67. The second kappa shape index (κ2) is 5.45. The Kier molecular flexibility index (Phi) is 4.01. The number of carbonyl (C=O) groups excluding carboxylic acids is 1. The summed E-state index contributed by atoms with van der Waals surface area (Å²) >= 11 is 0. The summed E-state index contributed by atoms with van der Waals surface area (Å²) in [5.41, 5.74) is 4.73. The number of benzene rings is 2. The molecule has 4 heteroatoms. The summed E-state index contributed by atoms with van der Waals surface area (Å²) in [6.45, 7) is 5.78. The average Bonchev–Trinajstić information content (AvgIpc) is 2.43. The highest BCUT2D eigenvalue weighted by molar-refractivity contribution is 8.06. The Labute approximate surface area is 125 Å². The smallest absolute Gasteiger partial charge is 0.276 e. The van der Waals surface area contributed by atoms with E-state index in [4.69, 9.17) is 0 Å². The van der Waals surface area contributed by atoms with Gasteiger partial charge in [-0.2, -0.15) is 0 Å². The van der Waals surface area contributed by atoms with Crippen LogP contribution in [0, 0.1) is 20.8 Å². The van der Waals surface area contributed by atoms with Gasteiger partial charge in [0.2, 0.25) is 9.84 Å². The maximum absolute atomic E-state index is 12.3. The number of carbonyl (C=O) groups is 1. The fourth-order valence-corrected chi connectivity index (χ4v) is 2.98. The van der Waals surface area contributed by atoms with Crippen LogP contribution < -0.4 is 0 Å². The van der Waals surface area contributed by atoms with E-state index in [2.05, 4.69) is 0 Å². The first-order valence-corrected chi connectivity index (χ1v) is 8.53. The van der Waals surface area contributed by atoms with Crippen LogP contribution in [0.5, 0.6) is 0 Å². The van der Waals surface area contributed by atoms with Gasteiger partial charge < -0.3 is 0 Å². The predicted molar refractivity (Wildman–Crippen MR) is 85.3 cm³/mol. The zero-order valence-corrected chi connectivity index (χ0v) is 13.4. The summed E-state index contributed by atoms with van der Waals surface area (Å²) in [7, 11) is -3.77. The van der Waals surface area contributed by atoms with Crippen molar-refractivity contribution < 1.29 is 13.2 Å². The van der Waals surface area contributed by atoms with Crippen LogP contribution in [0.2, 0.25) is 0 Å². The summed E-state index contributed by atoms with van der Waals surface area (Å²) < 4.78 is 23.3. The molecule has 0 radical (unpaired) electrons. The van der Waals surface area contributed by atoms with Crippen LogP contribution in [-0.2, 0) is 9.84 Å². The zero-order chi connectivity index (χ0) is 15.8. The molecule has 0 saturated carbocycles. The third kappa shape index (κ3) is 2.90. The van der Waals surface area contributed by atoms with Crippen LogP contribution in [0.15, 0.2) is 36.4 Å². The summed E-state index contributed by atoms with van der Waals surface area (Å²) in [5.74, 6) is 0. The summed E-state index contributed by atoms with van der Waals surface area (Å²) in [5, 5.41) is -0.826. The van der Waals surface area contributed by atoms with E-state index in [1.165, 1.54) is 0 Å². The van der Waals surface area contributed by atoms with E-state index in [0.717, 1.165) is 28.5 Å². The van der Waals surface area contributed by atoms with Gasteiger partial charge >= 0.3 is 0 Å². The molecule has 0 atom stereocenters. The van der Waals surface area contributed by atoms with E-state index in [-0.39, 0.29) is 5.56 Å². The minimum atomic E-state index is -3.77. The minimum absolute atomic E-state index is 0.254. The number of aryl methyl sites for hydroxylation is 1. The van der Waals surface area contributed by atoms with E-state index in [0.29, 0.717) is 5.56 Å². The molecule has 0 aromatic heterocycles. The molecule has 3 nitrogen and oxygen atoms in total. The molecule has 0 aliphatic carbocycles. The molecule has 0 aliphatic heterocycles. The van der Waals surface area contributed by atoms with Crippen molar-refractivity contribution in [1.29, 1.82) is 0 Å². The van der Waals surface area contributed by atoms with Crippen molar-refractivity contribution in [1.82, 2.24) is 0 Å². The Hall–Kier alpha value is -1.94. The van der Waals surface area contributed by atoms with Gasteiger partial charge in [-0.05, 0) is 54.7 Å².